The van der Waals surface area contributed by atoms with Crippen molar-refractivity contribution in [1.82, 2.24) is 10.2 Å². The van der Waals surface area contributed by atoms with Crippen molar-refractivity contribution in [2.24, 2.45) is 5.92 Å². The number of benzene rings is 1. The molecule has 31 heavy (non-hydrogen) atoms. The van der Waals surface area contributed by atoms with Crippen molar-refractivity contribution >= 4 is 18.0 Å². The number of ether oxygens (including phenoxy) is 3. The van der Waals surface area contributed by atoms with Crippen LogP contribution in [0.5, 0.6) is 5.75 Å². The summed E-state index contributed by atoms with van der Waals surface area (Å²) in [6.45, 7) is 7.42. The van der Waals surface area contributed by atoms with Crippen LogP contribution < -0.4 is 10.1 Å². The second-order valence-electron chi connectivity index (χ2n) is 7.38. The van der Waals surface area contributed by atoms with Crippen LogP contribution in [-0.2, 0) is 25.5 Å². The van der Waals surface area contributed by atoms with Gasteiger partial charge in [0.1, 0.15) is 11.8 Å². The Kier molecular flexibility index (Phi) is 11.4. The third-order valence-corrected chi connectivity index (χ3v) is 4.27. The van der Waals surface area contributed by atoms with E-state index in [1.54, 1.807) is 39.2 Å². The zero-order valence-electron chi connectivity index (χ0n) is 18.9. The lowest BCUT2D eigenvalue weighted by molar-refractivity contribution is -0.153. The summed E-state index contributed by atoms with van der Waals surface area (Å²) < 4.78 is 15.1. The fourth-order valence-electron chi connectivity index (χ4n) is 2.91. The Morgan fingerprint density at radius 3 is 2.29 bits per heavy atom. The van der Waals surface area contributed by atoms with Crippen LogP contribution in [0, 0.1) is 5.92 Å². The van der Waals surface area contributed by atoms with Crippen molar-refractivity contribution in [3.63, 3.8) is 0 Å². The Morgan fingerprint density at radius 2 is 1.71 bits per heavy atom. The highest BCUT2D eigenvalue weighted by Crippen LogP contribution is 2.15. The Labute approximate surface area is 183 Å². The summed E-state index contributed by atoms with van der Waals surface area (Å²) >= 11 is 0. The van der Waals surface area contributed by atoms with Crippen LogP contribution >= 0.6 is 0 Å². The molecule has 2 amide bonds. The van der Waals surface area contributed by atoms with Crippen LogP contribution in [0.4, 0.5) is 4.79 Å². The smallest absolute Gasteiger partial charge is 0.336 e. The number of carbonyl (C=O) groups excluding carboxylic acids is 3. The second kappa shape index (κ2) is 13.5. The first-order valence-electron chi connectivity index (χ1n) is 10.4. The standard InChI is InChI=1S/C22H34N2O7/c1-6-30-20(26)18(12-16-9-8-10-17(11-16)29-5)23-22(28)24(13-15(3)4)14-19(25)21(27)31-7-2/h8-11,15,18-19,25H,6-7,12-14H2,1-5H3,(H,23,28)/t18-,19?/m0/s1. The number of amides is 2. The van der Waals surface area contributed by atoms with Crippen LogP contribution in [-0.4, -0.2) is 73.5 Å². The maximum Gasteiger partial charge on any atom is 0.336 e. The van der Waals surface area contributed by atoms with Gasteiger partial charge in [-0.2, -0.15) is 0 Å². The van der Waals surface area contributed by atoms with E-state index in [9.17, 15) is 19.5 Å². The Hall–Kier alpha value is -2.81. The van der Waals surface area contributed by atoms with Crippen molar-refractivity contribution in [3.05, 3.63) is 29.8 Å². The summed E-state index contributed by atoms with van der Waals surface area (Å²) in [5.74, 6) is -0.679. The number of rotatable bonds is 12. The molecule has 0 aromatic heterocycles. The van der Waals surface area contributed by atoms with Gasteiger partial charge in [0.15, 0.2) is 6.10 Å². The highest BCUT2D eigenvalue weighted by atomic mass is 16.5. The minimum Gasteiger partial charge on any atom is -0.497 e. The summed E-state index contributed by atoms with van der Waals surface area (Å²) in [6, 6.07) is 5.63. The van der Waals surface area contributed by atoms with E-state index in [0.29, 0.717) is 5.75 Å². The van der Waals surface area contributed by atoms with Crippen LogP contribution in [0.3, 0.4) is 0 Å². The van der Waals surface area contributed by atoms with E-state index in [2.05, 4.69) is 5.32 Å². The van der Waals surface area contributed by atoms with Gasteiger partial charge in [-0.3, -0.25) is 0 Å². The molecule has 1 aromatic rings. The first-order chi connectivity index (χ1) is 14.7. The first-order valence-corrected chi connectivity index (χ1v) is 10.4. The largest absolute Gasteiger partial charge is 0.497 e. The monoisotopic (exact) mass is 438 g/mol. The number of aliphatic hydroxyl groups excluding tert-OH is 1. The summed E-state index contributed by atoms with van der Waals surface area (Å²) in [4.78, 5) is 38.5. The molecule has 9 nitrogen and oxygen atoms in total. The number of nitrogens with zero attached hydrogens (tertiary/aromatic N) is 1. The van der Waals surface area contributed by atoms with Gasteiger partial charge in [0.25, 0.3) is 0 Å². The Bertz CT molecular complexity index is 724. The summed E-state index contributed by atoms with van der Waals surface area (Å²) in [7, 11) is 1.54. The molecule has 0 aliphatic rings. The maximum atomic E-state index is 12.9. The van der Waals surface area contributed by atoms with Crippen molar-refractivity contribution in [2.45, 2.75) is 46.3 Å². The van der Waals surface area contributed by atoms with Crippen LogP contribution in [0.1, 0.15) is 33.3 Å². The highest BCUT2D eigenvalue weighted by molar-refractivity contribution is 5.84. The molecule has 0 heterocycles. The number of nitrogens with one attached hydrogen (secondary N) is 1. The predicted molar refractivity (Wildman–Crippen MR) is 115 cm³/mol. The molecule has 0 aliphatic carbocycles. The molecule has 0 bridgehead atoms. The lowest BCUT2D eigenvalue weighted by Crippen LogP contribution is -2.52. The average Bonchev–Trinajstić information content (AvgIpc) is 2.72. The van der Waals surface area contributed by atoms with Gasteiger partial charge in [0, 0.05) is 13.0 Å². The van der Waals surface area contributed by atoms with E-state index >= 15 is 0 Å². The lowest BCUT2D eigenvalue weighted by atomic mass is 10.1. The molecular weight excluding hydrogens is 404 g/mol. The zero-order chi connectivity index (χ0) is 23.4. The van der Waals surface area contributed by atoms with Gasteiger partial charge in [-0.05, 0) is 37.5 Å². The number of aliphatic hydroxyl groups is 1. The van der Waals surface area contributed by atoms with E-state index in [1.807, 2.05) is 19.9 Å². The fraction of sp³-hybridized carbons (Fsp3) is 0.591. The minimum atomic E-state index is -1.48. The van der Waals surface area contributed by atoms with Gasteiger partial charge in [0.2, 0.25) is 0 Å². The van der Waals surface area contributed by atoms with Crippen molar-refractivity contribution < 1.29 is 33.7 Å². The van der Waals surface area contributed by atoms with Gasteiger partial charge in [-0.25, -0.2) is 14.4 Å². The third kappa shape index (κ3) is 9.25. The van der Waals surface area contributed by atoms with Crippen molar-refractivity contribution in [2.75, 3.05) is 33.4 Å². The van der Waals surface area contributed by atoms with Gasteiger partial charge >= 0.3 is 18.0 Å². The normalized spacial score (nSPS) is 12.6. The SMILES string of the molecule is CCOC(=O)C(O)CN(CC(C)C)C(=O)N[C@@H](Cc1cccc(OC)c1)C(=O)OCC. The number of hydrogen-bond donors (Lipinski definition) is 2. The quantitative estimate of drug-likeness (QED) is 0.478. The number of urea groups is 1. The van der Waals surface area contributed by atoms with E-state index in [-0.39, 0.29) is 38.6 Å². The molecule has 1 unspecified atom stereocenters. The molecule has 0 saturated carbocycles. The summed E-state index contributed by atoms with van der Waals surface area (Å²) in [5, 5.41) is 12.8. The van der Waals surface area contributed by atoms with E-state index in [4.69, 9.17) is 14.2 Å². The second-order valence-corrected chi connectivity index (χ2v) is 7.38. The van der Waals surface area contributed by atoms with E-state index in [1.165, 1.54) is 4.90 Å². The topological polar surface area (TPSA) is 114 Å². The molecule has 0 spiro atoms. The number of methoxy groups -OCH3 is 1. The van der Waals surface area contributed by atoms with Gasteiger partial charge in [-0.15, -0.1) is 0 Å². The van der Waals surface area contributed by atoms with Gasteiger partial charge < -0.3 is 29.5 Å². The van der Waals surface area contributed by atoms with Crippen LogP contribution in [0.15, 0.2) is 24.3 Å². The van der Waals surface area contributed by atoms with E-state index < -0.39 is 30.1 Å². The number of carbonyl (C=O) groups is 3. The molecule has 2 atom stereocenters. The molecule has 174 valence electrons. The molecule has 0 aliphatic heterocycles. The molecule has 0 saturated heterocycles. The molecular formula is C22H34N2O7. The average molecular weight is 439 g/mol. The maximum absolute atomic E-state index is 12.9. The number of hydrogen-bond acceptors (Lipinski definition) is 7. The van der Waals surface area contributed by atoms with Crippen LogP contribution in [0.25, 0.3) is 0 Å². The molecule has 0 fully saturated rings. The van der Waals surface area contributed by atoms with E-state index in [0.717, 1.165) is 5.56 Å². The molecule has 1 aromatic carbocycles. The number of esters is 2. The molecule has 9 heteroatoms. The fourth-order valence-corrected chi connectivity index (χ4v) is 2.91. The first kappa shape index (κ1) is 26.2. The molecule has 1 rings (SSSR count). The predicted octanol–water partition coefficient (Wildman–Crippen LogP) is 1.76. The van der Waals surface area contributed by atoms with Crippen LogP contribution in [0.2, 0.25) is 0 Å². The third-order valence-electron chi connectivity index (χ3n) is 4.27. The Morgan fingerprint density at radius 1 is 1.06 bits per heavy atom. The minimum absolute atomic E-state index is 0.0690. The summed E-state index contributed by atoms with van der Waals surface area (Å²) in [5.41, 5.74) is 0.777. The van der Waals surface area contributed by atoms with Crippen molar-refractivity contribution in [1.29, 1.82) is 0 Å². The molecule has 2 N–H and O–H groups in total. The zero-order valence-corrected chi connectivity index (χ0v) is 18.9. The summed E-state index contributed by atoms with van der Waals surface area (Å²) in [6.07, 6.45) is -1.29. The van der Waals surface area contributed by atoms with Gasteiger partial charge in [0.05, 0.1) is 26.9 Å². The highest BCUT2D eigenvalue weighted by Gasteiger charge is 2.28. The Balaban J connectivity index is 2.99. The lowest BCUT2D eigenvalue weighted by Gasteiger charge is -2.28. The molecule has 0 radical (unpaired) electrons. The van der Waals surface area contributed by atoms with Crippen molar-refractivity contribution in [3.8, 4) is 5.75 Å². The van der Waals surface area contributed by atoms with Gasteiger partial charge in [-0.1, -0.05) is 26.0 Å².